The van der Waals surface area contributed by atoms with E-state index in [0.717, 1.165) is 18.4 Å². The van der Waals surface area contributed by atoms with Gasteiger partial charge in [-0.2, -0.15) is 0 Å². The molecule has 0 aromatic heterocycles. The normalized spacial score (nSPS) is 34.9. The van der Waals surface area contributed by atoms with E-state index in [9.17, 15) is 10.2 Å². The van der Waals surface area contributed by atoms with E-state index >= 15 is 0 Å². The van der Waals surface area contributed by atoms with E-state index in [0.29, 0.717) is 12.8 Å². The van der Waals surface area contributed by atoms with Crippen LogP contribution >= 0.6 is 0 Å². The van der Waals surface area contributed by atoms with E-state index in [1.165, 1.54) is 0 Å². The van der Waals surface area contributed by atoms with Crippen LogP contribution in [0, 0.1) is 0 Å². The van der Waals surface area contributed by atoms with Crippen molar-refractivity contribution in [2.45, 2.75) is 43.7 Å². The van der Waals surface area contributed by atoms with Crippen LogP contribution in [0.2, 0.25) is 0 Å². The van der Waals surface area contributed by atoms with Gasteiger partial charge in [0, 0.05) is 5.54 Å². The van der Waals surface area contributed by atoms with Gasteiger partial charge in [-0.1, -0.05) is 12.1 Å². The van der Waals surface area contributed by atoms with Crippen LogP contribution in [0.3, 0.4) is 0 Å². The van der Waals surface area contributed by atoms with Crippen LogP contribution in [0.15, 0.2) is 24.3 Å². The lowest BCUT2D eigenvalue weighted by Gasteiger charge is -2.40. The zero-order valence-corrected chi connectivity index (χ0v) is 9.61. The average molecular weight is 221 g/mol. The smallest absolute Gasteiger partial charge is 0.115 e. The zero-order chi connectivity index (χ0) is 11.8. The molecule has 0 bridgehead atoms. The second kappa shape index (κ2) is 3.75. The average Bonchev–Trinajstić information content (AvgIpc) is 2.23. The standard InChI is InChI=1S/C13H19NO2/c1-12(16)5-7-13(14,8-6-12)10-3-2-4-11(15)9-10/h2-4,9,15-16H,5-8,14H2,1H3. The maximum atomic E-state index is 9.90. The molecule has 0 radical (unpaired) electrons. The Labute approximate surface area is 95.9 Å². The Balaban J connectivity index is 2.21. The fourth-order valence-corrected chi connectivity index (χ4v) is 2.34. The summed E-state index contributed by atoms with van der Waals surface area (Å²) >= 11 is 0. The third-order valence-electron chi connectivity index (χ3n) is 3.64. The Bertz CT molecular complexity index is 377. The van der Waals surface area contributed by atoms with Gasteiger partial charge in [0.15, 0.2) is 0 Å². The fraction of sp³-hybridized carbons (Fsp3) is 0.538. The molecule has 1 aliphatic rings. The molecule has 4 N–H and O–H groups in total. The molecule has 3 heteroatoms. The molecule has 1 aliphatic carbocycles. The summed E-state index contributed by atoms with van der Waals surface area (Å²) in [5.41, 5.74) is 6.32. The molecule has 16 heavy (non-hydrogen) atoms. The topological polar surface area (TPSA) is 66.5 Å². The predicted octanol–water partition coefficient (Wildman–Crippen LogP) is 1.87. The minimum Gasteiger partial charge on any atom is -0.508 e. The van der Waals surface area contributed by atoms with E-state index in [4.69, 9.17) is 5.73 Å². The SMILES string of the molecule is CC1(O)CCC(N)(c2cccc(O)c2)CC1. The Hall–Kier alpha value is -1.06. The van der Waals surface area contributed by atoms with Crippen molar-refractivity contribution in [3.8, 4) is 5.75 Å². The number of nitrogens with two attached hydrogens (primary N) is 1. The van der Waals surface area contributed by atoms with Gasteiger partial charge >= 0.3 is 0 Å². The van der Waals surface area contributed by atoms with Gasteiger partial charge in [-0.25, -0.2) is 0 Å². The van der Waals surface area contributed by atoms with Gasteiger partial charge in [0.2, 0.25) is 0 Å². The van der Waals surface area contributed by atoms with E-state index in [-0.39, 0.29) is 5.75 Å². The van der Waals surface area contributed by atoms with Gasteiger partial charge in [-0.3, -0.25) is 0 Å². The number of benzene rings is 1. The summed E-state index contributed by atoms with van der Waals surface area (Å²) in [6, 6.07) is 7.12. The van der Waals surface area contributed by atoms with E-state index in [2.05, 4.69) is 0 Å². The minimum atomic E-state index is -0.584. The van der Waals surface area contributed by atoms with Crippen LogP contribution in [0.5, 0.6) is 5.75 Å². The highest BCUT2D eigenvalue weighted by Gasteiger charge is 2.37. The Kier molecular flexibility index (Phi) is 2.68. The first kappa shape index (κ1) is 11.4. The summed E-state index contributed by atoms with van der Waals surface area (Å²) in [6.07, 6.45) is 2.92. The molecule has 1 aromatic rings. The predicted molar refractivity (Wildman–Crippen MR) is 63.1 cm³/mol. The molecule has 1 saturated carbocycles. The van der Waals surface area contributed by atoms with Crippen LogP contribution < -0.4 is 5.73 Å². The summed E-state index contributed by atoms with van der Waals surface area (Å²) in [6.45, 7) is 1.86. The summed E-state index contributed by atoms with van der Waals surface area (Å²) in [5.74, 6) is 0.250. The van der Waals surface area contributed by atoms with Crippen molar-refractivity contribution in [1.82, 2.24) is 0 Å². The van der Waals surface area contributed by atoms with Gasteiger partial charge in [0.05, 0.1) is 5.60 Å². The molecule has 0 spiro atoms. The summed E-state index contributed by atoms with van der Waals surface area (Å²) < 4.78 is 0. The number of rotatable bonds is 1. The lowest BCUT2D eigenvalue weighted by Crippen LogP contribution is -2.45. The number of hydrogen-bond acceptors (Lipinski definition) is 3. The van der Waals surface area contributed by atoms with E-state index in [1.54, 1.807) is 12.1 Å². The van der Waals surface area contributed by atoms with Crippen molar-refractivity contribution < 1.29 is 10.2 Å². The molecule has 3 nitrogen and oxygen atoms in total. The van der Waals surface area contributed by atoms with Crippen molar-refractivity contribution >= 4 is 0 Å². The summed E-state index contributed by atoms with van der Waals surface area (Å²) in [5, 5.41) is 19.4. The van der Waals surface area contributed by atoms with Crippen molar-refractivity contribution in [2.24, 2.45) is 5.73 Å². The van der Waals surface area contributed by atoms with Crippen molar-refractivity contribution in [1.29, 1.82) is 0 Å². The largest absolute Gasteiger partial charge is 0.508 e. The molecule has 1 fully saturated rings. The number of aromatic hydroxyl groups is 1. The van der Waals surface area contributed by atoms with E-state index in [1.807, 2.05) is 19.1 Å². The van der Waals surface area contributed by atoms with Crippen LogP contribution in [-0.4, -0.2) is 15.8 Å². The number of phenolic OH excluding ortho intramolecular Hbond substituents is 1. The van der Waals surface area contributed by atoms with Crippen LogP contribution in [-0.2, 0) is 5.54 Å². The van der Waals surface area contributed by atoms with Gasteiger partial charge in [0.25, 0.3) is 0 Å². The molecule has 0 saturated heterocycles. The molecular weight excluding hydrogens is 202 g/mol. The van der Waals surface area contributed by atoms with E-state index < -0.39 is 11.1 Å². The van der Waals surface area contributed by atoms with Crippen molar-refractivity contribution in [3.05, 3.63) is 29.8 Å². The molecular formula is C13H19NO2. The molecule has 0 unspecified atom stereocenters. The van der Waals surface area contributed by atoms with Crippen molar-refractivity contribution in [3.63, 3.8) is 0 Å². The first-order valence-corrected chi connectivity index (χ1v) is 5.72. The number of phenols is 1. The Morgan fingerprint density at radius 2 is 1.81 bits per heavy atom. The Morgan fingerprint density at radius 3 is 2.38 bits per heavy atom. The van der Waals surface area contributed by atoms with Gasteiger partial charge in [0.1, 0.15) is 5.75 Å². The Morgan fingerprint density at radius 1 is 1.19 bits per heavy atom. The first-order valence-electron chi connectivity index (χ1n) is 5.72. The fourth-order valence-electron chi connectivity index (χ4n) is 2.34. The van der Waals surface area contributed by atoms with Gasteiger partial charge in [-0.15, -0.1) is 0 Å². The van der Waals surface area contributed by atoms with Crippen LogP contribution in [0.25, 0.3) is 0 Å². The lowest BCUT2D eigenvalue weighted by atomic mass is 9.72. The number of aliphatic hydroxyl groups is 1. The van der Waals surface area contributed by atoms with Crippen LogP contribution in [0.4, 0.5) is 0 Å². The maximum Gasteiger partial charge on any atom is 0.115 e. The maximum absolute atomic E-state index is 9.90. The summed E-state index contributed by atoms with van der Waals surface area (Å²) in [4.78, 5) is 0. The second-order valence-electron chi connectivity index (χ2n) is 5.20. The third kappa shape index (κ3) is 2.20. The zero-order valence-electron chi connectivity index (χ0n) is 9.61. The molecule has 88 valence electrons. The highest BCUT2D eigenvalue weighted by Crippen LogP contribution is 2.39. The molecule has 0 heterocycles. The van der Waals surface area contributed by atoms with Crippen molar-refractivity contribution in [2.75, 3.05) is 0 Å². The monoisotopic (exact) mass is 221 g/mol. The highest BCUT2D eigenvalue weighted by molar-refractivity contribution is 5.32. The first-order chi connectivity index (χ1) is 7.41. The lowest BCUT2D eigenvalue weighted by molar-refractivity contribution is 0.000890. The third-order valence-corrected chi connectivity index (χ3v) is 3.64. The molecule has 0 atom stereocenters. The van der Waals surface area contributed by atoms with Gasteiger partial charge < -0.3 is 15.9 Å². The molecule has 2 rings (SSSR count). The quantitative estimate of drug-likeness (QED) is 0.678. The van der Waals surface area contributed by atoms with Gasteiger partial charge in [-0.05, 0) is 50.3 Å². The molecule has 0 amide bonds. The highest BCUT2D eigenvalue weighted by atomic mass is 16.3. The summed E-state index contributed by atoms with van der Waals surface area (Å²) in [7, 11) is 0. The second-order valence-corrected chi connectivity index (χ2v) is 5.20. The molecule has 0 aliphatic heterocycles. The molecule has 1 aromatic carbocycles. The minimum absolute atomic E-state index is 0.250. The van der Waals surface area contributed by atoms with Crippen LogP contribution in [0.1, 0.15) is 38.2 Å². The number of hydrogen-bond donors (Lipinski definition) is 3.